The summed E-state index contributed by atoms with van der Waals surface area (Å²) in [6.45, 7) is 2.53. The molecule has 25 heavy (non-hydrogen) atoms. The second-order valence-corrected chi connectivity index (χ2v) is 6.01. The molecule has 3 heterocycles. The number of nitrogens with one attached hydrogen (secondary N) is 3. The Balaban J connectivity index is 1.82. The molecule has 1 amide bonds. The third kappa shape index (κ3) is 2.73. The van der Waals surface area contributed by atoms with E-state index in [0.717, 1.165) is 31.0 Å². The van der Waals surface area contributed by atoms with E-state index in [9.17, 15) is 9.90 Å². The summed E-state index contributed by atoms with van der Waals surface area (Å²) in [5, 5.41) is 19.9. The summed E-state index contributed by atoms with van der Waals surface area (Å²) in [4.78, 5) is 21.5. The van der Waals surface area contributed by atoms with Crippen LogP contribution in [0.5, 0.6) is 6.01 Å². The van der Waals surface area contributed by atoms with Crippen LogP contribution in [-0.2, 0) is 0 Å². The number of rotatable bonds is 3. The van der Waals surface area contributed by atoms with Crippen molar-refractivity contribution in [3.05, 3.63) is 36.2 Å². The van der Waals surface area contributed by atoms with Crippen molar-refractivity contribution in [2.75, 3.05) is 29.9 Å². The number of anilines is 3. The number of fused-ring (bicyclic) bond motifs is 1. The van der Waals surface area contributed by atoms with E-state index in [0.29, 0.717) is 5.69 Å². The van der Waals surface area contributed by atoms with E-state index in [4.69, 9.17) is 5.73 Å². The summed E-state index contributed by atoms with van der Waals surface area (Å²) < 4.78 is 0. The minimum absolute atomic E-state index is 0.0141. The zero-order valence-electron chi connectivity index (χ0n) is 13.4. The zero-order valence-corrected chi connectivity index (χ0v) is 13.4. The van der Waals surface area contributed by atoms with Crippen LogP contribution in [-0.4, -0.2) is 52.8 Å². The molecule has 9 heteroatoms. The highest BCUT2D eigenvalue weighted by atomic mass is 16.3. The molecule has 9 nitrogen and oxygen atoms in total. The second-order valence-electron chi connectivity index (χ2n) is 6.01. The number of nitrogens with zero attached hydrogens (tertiary/aromatic N) is 3. The van der Waals surface area contributed by atoms with Crippen molar-refractivity contribution in [3.8, 4) is 6.01 Å². The molecule has 0 radical (unpaired) electrons. The van der Waals surface area contributed by atoms with Crippen molar-refractivity contribution in [1.82, 2.24) is 20.6 Å². The van der Waals surface area contributed by atoms with E-state index in [1.165, 1.54) is 6.20 Å². The summed E-state index contributed by atoms with van der Waals surface area (Å²) in [5.41, 5.74) is 7.77. The van der Waals surface area contributed by atoms with Gasteiger partial charge >= 0.3 is 6.01 Å². The van der Waals surface area contributed by atoms with E-state index >= 15 is 0 Å². The molecule has 6 N–H and O–H groups in total. The average Bonchev–Trinajstić information content (AvgIpc) is 3.02. The highest BCUT2D eigenvalue weighted by Crippen LogP contribution is 2.41. The summed E-state index contributed by atoms with van der Waals surface area (Å²) in [7, 11) is 0. The van der Waals surface area contributed by atoms with Crippen molar-refractivity contribution >= 4 is 23.0 Å². The van der Waals surface area contributed by atoms with Crippen LogP contribution in [0.2, 0.25) is 0 Å². The van der Waals surface area contributed by atoms with E-state index in [1.807, 2.05) is 29.2 Å². The average molecular weight is 341 g/mol. The predicted octanol–water partition coefficient (Wildman–Crippen LogP) is -0.268. The number of benzene rings is 1. The largest absolute Gasteiger partial charge is 0.479 e. The van der Waals surface area contributed by atoms with Gasteiger partial charge in [0.1, 0.15) is 6.17 Å². The maximum absolute atomic E-state index is 11.9. The van der Waals surface area contributed by atoms with Crippen LogP contribution in [0.3, 0.4) is 0 Å². The summed E-state index contributed by atoms with van der Waals surface area (Å²) in [6.07, 6.45) is 1.27. The molecule has 4 rings (SSSR count). The molecule has 2 unspecified atom stereocenters. The van der Waals surface area contributed by atoms with Crippen LogP contribution in [0.15, 0.2) is 30.5 Å². The molecule has 2 aliphatic heterocycles. The molecule has 2 aromatic rings. The Hall–Kier alpha value is -2.91. The van der Waals surface area contributed by atoms with Gasteiger partial charge in [0.15, 0.2) is 5.69 Å². The van der Waals surface area contributed by atoms with E-state index in [-0.39, 0.29) is 17.9 Å². The number of carbonyl (C=O) groups is 1. The maximum atomic E-state index is 11.9. The first kappa shape index (κ1) is 15.6. The molecule has 1 aromatic heterocycles. The van der Waals surface area contributed by atoms with Crippen molar-refractivity contribution in [2.24, 2.45) is 5.73 Å². The van der Waals surface area contributed by atoms with Gasteiger partial charge in [0.2, 0.25) is 0 Å². The van der Waals surface area contributed by atoms with E-state index in [1.54, 1.807) is 0 Å². The minimum Gasteiger partial charge on any atom is -0.479 e. The lowest BCUT2D eigenvalue weighted by atomic mass is 10.1. The van der Waals surface area contributed by atoms with Gasteiger partial charge in [-0.1, -0.05) is 12.1 Å². The number of hydrogen-bond acceptors (Lipinski definition) is 8. The summed E-state index contributed by atoms with van der Waals surface area (Å²) in [6, 6.07) is 7.41. The van der Waals surface area contributed by atoms with Gasteiger partial charge in [-0.2, -0.15) is 4.98 Å². The molecule has 1 fully saturated rings. The monoisotopic (exact) mass is 341 g/mol. The fourth-order valence-corrected chi connectivity index (χ4v) is 3.36. The summed E-state index contributed by atoms with van der Waals surface area (Å²) >= 11 is 0. The van der Waals surface area contributed by atoms with Gasteiger partial charge in [0, 0.05) is 19.6 Å². The number of amides is 1. The van der Waals surface area contributed by atoms with Crippen LogP contribution >= 0.6 is 0 Å². The Bertz CT molecular complexity index is 807. The first-order valence-electron chi connectivity index (χ1n) is 8.10. The Morgan fingerprint density at radius 3 is 2.88 bits per heavy atom. The fourth-order valence-electron chi connectivity index (χ4n) is 3.36. The Kier molecular flexibility index (Phi) is 3.86. The third-order valence-electron chi connectivity index (χ3n) is 4.45. The number of hydrogen-bond donors (Lipinski definition) is 5. The highest BCUT2D eigenvalue weighted by Gasteiger charge is 2.38. The fraction of sp³-hybridized carbons (Fsp3) is 0.312. The number of aromatic hydroxyl groups is 1. The molecule has 1 aromatic carbocycles. The van der Waals surface area contributed by atoms with Crippen LogP contribution < -0.4 is 26.6 Å². The quantitative estimate of drug-likeness (QED) is 0.516. The first-order valence-corrected chi connectivity index (χ1v) is 8.10. The third-order valence-corrected chi connectivity index (χ3v) is 4.45. The van der Waals surface area contributed by atoms with Gasteiger partial charge in [0.25, 0.3) is 5.91 Å². The van der Waals surface area contributed by atoms with Crippen LogP contribution in [0.1, 0.15) is 10.5 Å². The lowest BCUT2D eigenvalue weighted by Gasteiger charge is -2.36. The number of primary amides is 1. The minimum atomic E-state index is -0.717. The number of para-hydroxylation sites is 2. The van der Waals surface area contributed by atoms with Gasteiger partial charge in [-0.25, -0.2) is 4.98 Å². The van der Waals surface area contributed by atoms with Crippen LogP contribution in [0, 0.1) is 0 Å². The van der Waals surface area contributed by atoms with Crippen molar-refractivity contribution < 1.29 is 9.90 Å². The van der Waals surface area contributed by atoms with Crippen LogP contribution in [0.25, 0.3) is 0 Å². The van der Waals surface area contributed by atoms with E-state index in [2.05, 4.69) is 25.9 Å². The lowest BCUT2D eigenvalue weighted by Crippen LogP contribution is -2.59. The highest BCUT2D eigenvalue weighted by molar-refractivity contribution is 5.99. The number of carbonyl (C=O) groups excluding carboxylic acids is 1. The number of aromatic nitrogens is 2. The normalized spacial score (nSPS) is 22.3. The number of nitrogens with two attached hydrogens (primary N) is 1. The molecule has 0 spiro atoms. The van der Waals surface area contributed by atoms with Crippen molar-refractivity contribution in [3.63, 3.8) is 0 Å². The van der Waals surface area contributed by atoms with Gasteiger partial charge in [-0.3, -0.25) is 4.79 Å². The zero-order chi connectivity index (χ0) is 17.4. The van der Waals surface area contributed by atoms with Gasteiger partial charge in [0.05, 0.1) is 29.3 Å². The van der Waals surface area contributed by atoms with Gasteiger partial charge < -0.3 is 31.7 Å². The molecule has 0 aliphatic carbocycles. The molecule has 0 saturated carbocycles. The Morgan fingerprint density at radius 1 is 1.28 bits per heavy atom. The maximum Gasteiger partial charge on any atom is 0.314 e. The second kappa shape index (κ2) is 6.19. The molecule has 2 aliphatic rings. The molecule has 0 bridgehead atoms. The van der Waals surface area contributed by atoms with Crippen LogP contribution in [0.4, 0.5) is 17.1 Å². The van der Waals surface area contributed by atoms with Gasteiger partial charge in [-0.05, 0) is 12.1 Å². The van der Waals surface area contributed by atoms with Gasteiger partial charge in [-0.15, -0.1) is 0 Å². The first-order chi connectivity index (χ1) is 12.1. The topological polar surface area (TPSA) is 128 Å². The molecule has 1 saturated heterocycles. The van der Waals surface area contributed by atoms with E-state index < -0.39 is 11.9 Å². The molecular weight excluding hydrogens is 322 g/mol. The SMILES string of the molecule is NC(=O)c1nc(O)ncc1N1c2ccccc2NC1C1CNCCN1. The lowest BCUT2D eigenvalue weighted by molar-refractivity contribution is 0.0995. The Morgan fingerprint density at radius 2 is 2.12 bits per heavy atom. The molecule has 2 atom stereocenters. The summed E-state index contributed by atoms with van der Waals surface area (Å²) in [5.74, 6) is -0.717. The Labute approximate surface area is 144 Å². The standard InChI is InChI=1S/C16H19N7O2/c17-14(24)13-12(8-20-16(25)22-13)23-11-4-2-1-3-9(11)21-15(23)10-7-18-5-6-19-10/h1-4,8,10,15,18-19,21H,5-7H2,(H2,17,24)(H,20,22,25). The molecular formula is C16H19N7O2. The van der Waals surface area contributed by atoms with Crippen molar-refractivity contribution in [2.45, 2.75) is 12.2 Å². The molecule has 130 valence electrons. The smallest absolute Gasteiger partial charge is 0.314 e. The predicted molar refractivity (Wildman–Crippen MR) is 92.9 cm³/mol. The number of piperazine rings is 1. The van der Waals surface area contributed by atoms with Crippen molar-refractivity contribution in [1.29, 1.82) is 0 Å².